The van der Waals surface area contributed by atoms with E-state index in [0.717, 1.165) is 5.57 Å². The van der Waals surface area contributed by atoms with E-state index in [1.807, 2.05) is 34.6 Å². The van der Waals surface area contributed by atoms with E-state index in [2.05, 4.69) is 27.7 Å². The maximum Gasteiger partial charge on any atom is 0.314 e. The van der Waals surface area contributed by atoms with Crippen LogP contribution in [0.25, 0.3) is 0 Å². The Bertz CT molecular complexity index is 609. The molecule has 0 amide bonds. The summed E-state index contributed by atoms with van der Waals surface area (Å²) in [7, 11) is 0. The van der Waals surface area contributed by atoms with E-state index in [-0.39, 0.29) is 0 Å². The van der Waals surface area contributed by atoms with Crippen molar-refractivity contribution in [3.63, 3.8) is 0 Å². The van der Waals surface area contributed by atoms with Gasteiger partial charge < -0.3 is 19.3 Å². The van der Waals surface area contributed by atoms with Gasteiger partial charge in [-0.2, -0.15) is 0 Å². The molecule has 3 unspecified atom stereocenters. The van der Waals surface area contributed by atoms with Crippen molar-refractivity contribution in [3.05, 3.63) is 11.3 Å². The molecule has 30 heavy (non-hydrogen) atoms. The summed E-state index contributed by atoms with van der Waals surface area (Å²) in [6, 6.07) is 0. The number of hydrogen-bond acceptors (Lipinski definition) is 4. The van der Waals surface area contributed by atoms with Crippen LogP contribution in [0.4, 0.5) is 0 Å². The van der Waals surface area contributed by atoms with Crippen LogP contribution in [0.15, 0.2) is 11.3 Å². The number of carboxylic acids is 1. The number of carboxylic acid groups (broad SMARTS) is 1. The largest absolute Gasteiger partial charge is 0.495 e. The maximum absolute atomic E-state index is 13.2. The van der Waals surface area contributed by atoms with Crippen LogP contribution in [-0.2, 0) is 19.0 Å². The Morgan fingerprint density at radius 1 is 0.767 bits per heavy atom. The normalized spacial score (nSPS) is 31.1. The highest BCUT2D eigenvalue weighted by atomic mass is 16.6. The molecular formula is C25H46O5. The van der Waals surface area contributed by atoms with Crippen LogP contribution >= 0.6 is 0 Å². The number of ether oxygens (including phenoxy) is 3. The summed E-state index contributed by atoms with van der Waals surface area (Å²) < 4.78 is 19.8. The van der Waals surface area contributed by atoms with E-state index in [0.29, 0.717) is 64.1 Å². The van der Waals surface area contributed by atoms with E-state index in [9.17, 15) is 9.90 Å². The minimum atomic E-state index is -1.07. The molecule has 0 bridgehead atoms. The Kier molecular flexibility index (Phi) is 9.43. The molecule has 176 valence electrons. The van der Waals surface area contributed by atoms with Crippen molar-refractivity contribution in [1.29, 1.82) is 0 Å². The van der Waals surface area contributed by atoms with Crippen molar-refractivity contribution < 1.29 is 24.1 Å². The Morgan fingerprint density at radius 3 is 1.63 bits per heavy atom. The quantitative estimate of drug-likeness (QED) is 0.371. The zero-order valence-corrected chi connectivity index (χ0v) is 20.9. The molecule has 0 aliphatic heterocycles. The van der Waals surface area contributed by atoms with Gasteiger partial charge in [-0.3, -0.25) is 4.79 Å². The van der Waals surface area contributed by atoms with Gasteiger partial charge in [0.1, 0.15) is 16.8 Å². The molecule has 0 aromatic rings. The first kappa shape index (κ1) is 27.0. The molecule has 3 atom stereocenters. The van der Waals surface area contributed by atoms with Gasteiger partial charge in [0, 0.05) is 18.6 Å². The van der Waals surface area contributed by atoms with E-state index < -0.39 is 28.0 Å². The molecule has 0 spiro atoms. The number of aliphatic carboxylic acids is 1. The van der Waals surface area contributed by atoms with Gasteiger partial charge in [-0.05, 0) is 64.9 Å². The summed E-state index contributed by atoms with van der Waals surface area (Å²) in [6.07, 6.45) is 3.79. The second-order valence-corrected chi connectivity index (χ2v) is 8.17. The fraction of sp³-hybridized carbons (Fsp3) is 0.880. The summed E-state index contributed by atoms with van der Waals surface area (Å²) in [5.74, 6) is -0.0737. The molecule has 0 heterocycles. The van der Waals surface area contributed by atoms with E-state index in [4.69, 9.17) is 14.2 Å². The predicted molar refractivity (Wildman–Crippen MR) is 122 cm³/mol. The van der Waals surface area contributed by atoms with Gasteiger partial charge in [-0.1, -0.05) is 41.5 Å². The highest BCUT2D eigenvalue weighted by Crippen LogP contribution is 2.70. The zero-order chi connectivity index (χ0) is 23.2. The standard InChI is InChI=1S/C25H46O5/c1-10-19-20(28-16-7)24(14-5,29-17-8)25(15-6,30-18-9)22(11-2,12-3)23(19,13-4)21(26)27/h10-18H2,1-9H3,(H,26,27). The SMILES string of the molecule is CCOC1=C(CC)C(CC)(C(=O)O)C(CC)(CC)C(CC)(OCC)C1(CC)OCC. The third kappa shape index (κ3) is 3.14. The molecule has 5 nitrogen and oxygen atoms in total. The number of rotatable bonds is 13. The van der Waals surface area contributed by atoms with Gasteiger partial charge in [0.2, 0.25) is 0 Å². The van der Waals surface area contributed by atoms with Crippen molar-refractivity contribution >= 4 is 5.97 Å². The van der Waals surface area contributed by atoms with Gasteiger partial charge in [0.25, 0.3) is 0 Å². The van der Waals surface area contributed by atoms with Crippen LogP contribution in [0.5, 0.6) is 0 Å². The third-order valence-electron chi connectivity index (χ3n) is 7.92. The highest BCUT2D eigenvalue weighted by molar-refractivity contribution is 5.82. The summed E-state index contributed by atoms with van der Waals surface area (Å²) in [4.78, 5) is 13.2. The molecule has 1 aliphatic rings. The topological polar surface area (TPSA) is 65.0 Å². The van der Waals surface area contributed by atoms with Crippen molar-refractivity contribution in [2.75, 3.05) is 19.8 Å². The van der Waals surface area contributed by atoms with Crippen LogP contribution in [0.3, 0.4) is 0 Å². The lowest BCUT2D eigenvalue weighted by Gasteiger charge is -2.68. The van der Waals surface area contributed by atoms with Crippen molar-refractivity contribution in [3.8, 4) is 0 Å². The average molecular weight is 427 g/mol. The van der Waals surface area contributed by atoms with Crippen LogP contribution in [0, 0.1) is 10.8 Å². The maximum atomic E-state index is 13.2. The minimum absolute atomic E-state index is 0.463. The predicted octanol–water partition coefficient (Wildman–Crippen LogP) is 6.36. The van der Waals surface area contributed by atoms with Gasteiger partial charge in [-0.25, -0.2) is 0 Å². The highest BCUT2D eigenvalue weighted by Gasteiger charge is 2.76. The Hall–Kier alpha value is -1.07. The van der Waals surface area contributed by atoms with Crippen LogP contribution in [0.1, 0.15) is 101 Å². The first-order valence-corrected chi connectivity index (χ1v) is 12.1. The summed E-state index contributed by atoms with van der Waals surface area (Å²) in [5.41, 5.74) is -2.48. The fourth-order valence-electron chi connectivity index (χ4n) is 7.12. The van der Waals surface area contributed by atoms with Crippen molar-refractivity contribution in [2.24, 2.45) is 10.8 Å². The molecule has 0 fully saturated rings. The Balaban J connectivity index is 4.45. The molecule has 1 aliphatic carbocycles. The second kappa shape index (κ2) is 10.5. The monoisotopic (exact) mass is 426 g/mol. The zero-order valence-electron chi connectivity index (χ0n) is 20.9. The average Bonchev–Trinajstić information content (AvgIpc) is 2.75. The van der Waals surface area contributed by atoms with E-state index >= 15 is 0 Å². The Labute approximate surface area is 184 Å². The lowest BCUT2D eigenvalue weighted by molar-refractivity contribution is -0.295. The van der Waals surface area contributed by atoms with Gasteiger partial charge >= 0.3 is 5.97 Å². The molecule has 0 saturated heterocycles. The molecular weight excluding hydrogens is 380 g/mol. The molecule has 0 aromatic heterocycles. The summed E-state index contributed by atoms with van der Waals surface area (Å²) >= 11 is 0. The molecule has 1 N–H and O–H groups in total. The van der Waals surface area contributed by atoms with Crippen LogP contribution in [-0.4, -0.2) is 42.1 Å². The number of hydrogen-bond donors (Lipinski definition) is 1. The number of carbonyl (C=O) groups is 1. The molecule has 5 heteroatoms. The molecule has 0 saturated carbocycles. The lowest BCUT2D eigenvalue weighted by Crippen LogP contribution is -2.75. The molecule has 1 rings (SSSR count). The first-order valence-electron chi connectivity index (χ1n) is 12.1. The third-order valence-corrected chi connectivity index (χ3v) is 7.92. The summed E-state index contributed by atoms with van der Waals surface area (Å²) in [5, 5.41) is 10.9. The van der Waals surface area contributed by atoms with Crippen molar-refractivity contribution in [2.45, 2.75) is 112 Å². The second-order valence-electron chi connectivity index (χ2n) is 8.17. The first-order chi connectivity index (χ1) is 14.3. The van der Waals surface area contributed by atoms with E-state index in [1.165, 1.54) is 0 Å². The van der Waals surface area contributed by atoms with Gasteiger partial charge in [0.15, 0.2) is 5.60 Å². The Morgan fingerprint density at radius 2 is 1.33 bits per heavy atom. The summed E-state index contributed by atoms with van der Waals surface area (Å²) in [6.45, 7) is 19.9. The van der Waals surface area contributed by atoms with Crippen LogP contribution in [0.2, 0.25) is 0 Å². The van der Waals surface area contributed by atoms with Gasteiger partial charge in [0.05, 0.1) is 6.61 Å². The fourth-order valence-corrected chi connectivity index (χ4v) is 7.12. The smallest absolute Gasteiger partial charge is 0.314 e. The minimum Gasteiger partial charge on any atom is -0.495 e. The molecule has 0 radical (unpaired) electrons. The lowest BCUT2D eigenvalue weighted by atomic mass is 9.41. The van der Waals surface area contributed by atoms with Crippen molar-refractivity contribution in [1.82, 2.24) is 0 Å². The van der Waals surface area contributed by atoms with Crippen LogP contribution < -0.4 is 0 Å². The molecule has 0 aromatic carbocycles. The van der Waals surface area contributed by atoms with E-state index in [1.54, 1.807) is 0 Å². The van der Waals surface area contributed by atoms with Gasteiger partial charge in [-0.15, -0.1) is 0 Å².